The van der Waals surface area contributed by atoms with Gasteiger partial charge in [-0.2, -0.15) is 4.52 Å². The van der Waals surface area contributed by atoms with Crippen LogP contribution in [0.1, 0.15) is 34.1 Å². The second kappa shape index (κ2) is 10.0. The van der Waals surface area contributed by atoms with E-state index in [2.05, 4.69) is 20.5 Å². The number of nitrogens with zero attached hydrogens (tertiary/aromatic N) is 6. The Morgan fingerprint density at radius 2 is 1.80 bits per heavy atom. The molecular weight excluding hydrogens is 551 g/mol. The molecule has 1 atom stereocenters. The number of hydrogen-bond donors (Lipinski definition) is 1. The van der Waals surface area contributed by atoms with E-state index in [9.17, 15) is 9.90 Å². The molecule has 6 rings (SSSR count). The van der Waals surface area contributed by atoms with Gasteiger partial charge in [0.1, 0.15) is 5.56 Å². The highest BCUT2D eigenvalue weighted by Crippen LogP contribution is 2.41. The molecule has 0 aliphatic carbocycles. The SMILES string of the molecule is CCOC(=O)c1c(-c2cccc(Cl)c2)c2cc(C(O)(c3ccc(Cl)cc3)c3cncn3C)ccc2n2nnnc12. The highest BCUT2D eigenvalue weighted by atomic mass is 35.5. The van der Waals surface area contributed by atoms with Crippen LogP contribution in [0, 0.1) is 0 Å². The van der Waals surface area contributed by atoms with E-state index in [1.54, 1.807) is 72.5 Å². The van der Waals surface area contributed by atoms with E-state index in [0.29, 0.717) is 48.9 Å². The number of rotatable bonds is 6. The molecule has 0 radical (unpaired) electrons. The van der Waals surface area contributed by atoms with E-state index in [1.807, 2.05) is 25.2 Å². The van der Waals surface area contributed by atoms with Crippen LogP contribution in [0.5, 0.6) is 0 Å². The molecule has 200 valence electrons. The largest absolute Gasteiger partial charge is 0.462 e. The van der Waals surface area contributed by atoms with E-state index in [-0.39, 0.29) is 17.8 Å². The Balaban J connectivity index is 1.74. The Morgan fingerprint density at radius 3 is 2.50 bits per heavy atom. The number of aliphatic hydroxyl groups is 1. The van der Waals surface area contributed by atoms with Gasteiger partial charge in [-0.05, 0) is 70.4 Å². The van der Waals surface area contributed by atoms with Gasteiger partial charge in [-0.25, -0.2) is 9.78 Å². The first-order chi connectivity index (χ1) is 19.3. The van der Waals surface area contributed by atoms with Gasteiger partial charge in [-0.15, -0.1) is 5.10 Å². The number of carbonyl (C=O) groups is 1. The molecule has 1 unspecified atom stereocenters. The van der Waals surface area contributed by atoms with Crippen molar-refractivity contribution in [2.24, 2.45) is 7.05 Å². The number of carbonyl (C=O) groups excluding carboxylic acids is 1. The normalized spacial score (nSPS) is 13.0. The molecule has 11 heteroatoms. The first kappa shape index (κ1) is 25.9. The molecular formula is C29H22Cl2N6O3. The van der Waals surface area contributed by atoms with Crippen molar-refractivity contribution in [3.63, 3.8) is 0 Å². The van der Waals surface area contributed by atoms with Gasteiger partial charge in [0.05, 0.1) is 30.3 Å². The number of imidazole rings is 1. The summed E-state index contributed by atoms with van der Waals surface area (Å²) in [6, 6.07) is 19.6. The van der Waals surface area contributed by atoms with Crippen LogP contribution in [-0.2, 0) is 17.4 Å². The van der Waals surface area contributed by atoms with Gasteiger partial charge in [-0.3, -0.25) is 0 Å². The Hall–Kier alpha value is -4.31. The number of fused-ring (bicyclic) bond motifs is 3. The summed E-state index contributed by atoms with van der Waals surface area (Å²) in [5.41, 5.74) is 2.26. The zero-order valence-corrected chi connectivity index (χ0v) is 22.9. The van der Waals surface area contributed by atoms with Gasteiger partial charge >= 0.3 is 5.97 Å². The van der Waals surface area contributed by atoms with Crippen LogP contribution in [0.3, 0.4) is 0 Å². The van der Waals surface area contributed by atoms with Crippen molar-refractivity contribution in [2.45, 2.75) is 12.5 Å². The molecule has 9 nitrogen and oxygen atoms in total. The van der Waals surface area contributed by atoms with Gasteiger partial charge in [0, 0.05) is 28.0 Å². The van der Waals surface area contributed by atoms with Crippen LogP contribution in [0.4, 0.5) is 0 Å². The van der Waals surface area contributed by atoms with Crippen LogP contribution in [0.15, 0.2) is 79.3 Å². The summed E-state index contributed by atoms with van der Waals surface area (Å²) >= 11 is 12.6. The highest BCUT2D eigenvalue weighted by Gasteiger charge is 2.37. The van der Waals surface area contributed by atoms with E-state index in [0.717, 1.165) is 0 Å². The Labute approximate surface area is 238 Å². The lowest BCUT2D eigenvalue weighted by molar-refractivity contribution is 0.0529. The number of pyridine rings is 1. The van der Waals surface area contributed by atoms with Gasteiger partial charge < -0.3 is 14.4 Å². The minimum Gasteiger partial charge on any atom is -0.462 e. The second-order valence-corrected chi connectivity index (χ2v) is 10.1. The lowest BCUT2D eigenvalue weighted by Crippen LogP contribution is -2.31. The van der Waals surface area contributed by atoms with Crippen molar-refractivity contribution in [3.8, 4) is 11.1 Å². The Morgan fingerprint density at radius 1 is 1.02 bits per heavy atom. The van der Waals surface area contributed by atoms with Crippen LogP contribution in [0.25, 0.3) is 27.7 Å². The molecule has 0 saturated heterocycles. The fourth-order valence-electron chi connectivity index (χ4n) is 5.10. The molecule has 1 N–H and O–H groups in total. The summed E-state index contributed by atoms with van der Waals surface area (Å²) in [6.45, 7) is 1.89. The van der Waals surface area contributed by atoms with Crippen LogP contribution < -0.4 is 0 Å². The maximum Gasteiger partial charge on any atom is 0.342 e. The number of esters is 1. The Bertz CT molecular complexity index is 1900. The van der Waals surface area contributed by atoms with E-state index >= 15 is 0 Å². The van der Waals surface area contributed by atoms with Crippen molar-refractivity contribution in [3.05, 3.63) is 112 Å². The summed E-state index contributed by atoms with van der Waals surface area (Å²) in [6.07, 6.45) is 3.24. The van der Waals surface area contributed by atoms with Crippen LogP contribution >= 0.6 is 23.2 Å². The molecule has 3 aromatic heterocycles. The fourth-order valence-corrected chi connectivity index (χ4v) is 5.41. The van der Waals surface area contributed by atoms with Gasteiger partial charge in [0.2, 0.25) is 0 Å². The zero-order chi connectivity index (χ0) is 28.0. The van der Waals surface area contributed by atoms with Crippen molar-refractivity contribution >= 4 is 45.7 Å². The molecule has 3 heterocycles. The average Bonchev–Trinajstić information content (AvgIpc) is 3.61. The molecule has 0 fully saturated rings. The summed E-state index contributed by atoms with van der Waals surface area (Å²) in [7, 11) is 1.81. The lowest BCUT2D eigenvalue weighted by Gasteiger charge is -2.30. The van der Waals surface area contributed by atoms with Gasteiger partial charge in [-0.1, -0.05) is 53.5 Å². The number of aromatic nitrogens is 6. The number of aryl methyl sites for hydroxylation is 1. The van der Waals surface area contributed by atoms with Crippen LogP contribution in [0.2, 0.25) is 10.0 Å². The number of benzene rings is 3. The smallest absolute Gasteiger partial charge is 0.342 e. The monoisotopic (exact) mass is 572 g/mol. The molecule has 0 bridgehead atoms. The summed E-state index contributed by atoms with van der Waals surface area (Å²) in [5.74, 6) is -0.579. The van der Waals surface area contributed by atoms with E-state index in [4.69, 9.17) is 27.9 Å². The fraction of sp³-hybridized carbons (Fsp3) is 0.138. The molecule has 0 aliphatic heterocycles. The Kier molecular flexibility index (Phi) is 6.50. The summed E-state index contributed by atoms with van der Waals surface area (Å²) in [4.78, 5) is 17.7. The number of ether oxygens (including phenoxy) is 1. The maximum atomic E-state index is 13.4. The number of halogens is 2. The molecule has 0 amide bonds. The molecule has 0 saturated carbocycles. The van der Waals surface area contributed by atoms with E-state index in [1.165, 1.54) is 4.52 Å². The molecule has 40 heavy (non-hydrogen) atoms. The van der Waals surface area contributed by atoms with Crippen LogP contribution in [-0.4, -0.2) is 47.3 Å². The first-order valence-corrected chi connectivity index (χ1v) is 13.1. The van der Waals surface area contributed by atoms with Gasteiger partial charge in [0.15, 0.2) is 11.2 Å². The number of hydrogen-bond acceptors (Lipinski definition) is 7. The molecule has 0 aliphatic rings. The molecule has 0 spiro atoms. The minimum atomic E-state index is -1.63. The summed E-state index contributed by atoms with van der Waals surface area (Å²) < 4.78 is 8.69. The second-order valence-electron chi connectivity index (χ2n) is 9.23. The van der Waals surface area contributed by atoms with E-state index < -0.39 is 11.6 Å². The third-order valence-electron chi connectivity index (χ3n) is 6.90. The summed E-state index contributed by atoms with van der Waals surface area (Å²) in [5, 5.41) is 26.3. The quantitative estimate of drug-likeness (QED) is 0.264. The maximum absolute atomic E-state index is 13.4. The molecule has 6 aromatic rings. The van der Waals surface area contributed by atoms with Crippen molar-refractivity contribution in [1.82, 2.24) is 29.6 Å². The third kappa shape index (κ3) is 4.10. The van der Waals surface area contributed by atoms with Gasteiger partial charge in [0.25, 0.3) is 0 Å². The van der Waals surface area contributed by atoms with Crippen molar-refractivity contribution in [2.75, 3.05) is 6.61 Å². The average molecular weight is 573 g/mol. The first-order valence-electron chi connectivity index (χ1n) is 12.4. The number of tetrazole rings is 1. The highest BCUT2D eigenvalue weighted by molar-refractivity contribution is 6.31. The standard InChI is InChI=1S/C29H22Cl2N6O3/c1-3-40-28(38)26-25(17-5-4-6-21(31)13-17)22-14-19(9-12-23(22)37-27(26)33-34-35-37)29(39,24-15-32-16-36(24)2)18-7-10-20(30)11-8-18/h4-16,39H,3H2,1-2H3. The predicted octanol–water partition coefficient (Wildman–Crippen LogP) is 5.45. The molecule has 3 aromatic carbocycles. The minimum absolute atomic E-state index is 0.163. The third-order valence-corrected chi connectivity index (χ3v) is 7.38. The topological polar surface area (TPSA) is 107 Å². The lowest BCUT2D eigenvalue weighted by atomic mass is 9.82. The van der Waals surface area contributed by atoms with Crippen molar-refractivity contribution in [1.29, 1.82) is 0 Å². The zero-order valence-electron chi connectivity index (χ0n) is 21.4. The predicted molar refractivity (Wildman–Crippen MR) is 151 cm³/mol. The van der Waals surface area contributed by atoms with Crippen molar-refractivity contribution < 1.29 is 14.6 Å².